The van der Waals surface area contributed by atoms with Gasteiger partial charge in [0.05, 0.1) is 0 Å². The first-order valence-corrected chi connectivity index (χ1v) is 7.01. The third-order valence-corrected chi connectivity index (χ3v) is 2.82. The van der Waals surface area contributed by atoms with E-state index in [1.807, 2.05) is 20.8 Å². The summed E-state index contributed by atoms with van der Waals surface area (Å²) in [5, 5.41) is 6.42. The predicted octanol–water partition coefficient (Wildman–Crippen LogP) is 3.51. The number of aromatic nitrogens is 2. The molecule has 6 heteroatoms. The van der Waals surface area contributed by atoms with E-state index in [0.29, 0.717) is 22.4 Å². The number of nitrogens with one attached hydrogen (secondary N) is 2. The van der Waals surface area contributed by atoms with E-state index in [4.69, 9.17) is 11.6 Å². The lowest BCUT2D eigenvalue weighted by Gasteiger charge is -2.11. The summed E-state index contributed by atoms with van der Waals surface area (Å²) in [4.78, 5) is 20.7. The molecule has 0 spiro atoms. The number of aryl methyl sites for hydroxylation is 1. The lowest BCUT2D eigenvalue weighted by atomic mass is 10.3. The molecule has 1 heterocycles. The monoisotopic (exact) mass is 304 g/mol. The number of benzene rings is 1. The molecule has 21 heavy (non-hydrogen) atoms. The van der Waals surface area contributed by atoms with Gasteiger partial charge in [-0.2, -0.15) is 0 Å². The van der Waals surface area contributed by atoms with Gasteiger partial charge in [0.25, 0.3) is 5.91 Å². The third-order valence-electron chi connectivity index (χ3n) is 2.59. The van der Waals surface area contributed by atoms with Crippen LogP contribution in [0.3, 0.4) is 0 Å². The average molecular weight is 305 g/mol. The van der Waals surface area contributed by atoms with Crippen LogP contribution in [0.1, 0.15) is 30.0 Å². The van der Waals surface area contributed by atoms with E-state index in [1.165, 1.54) is 0 Å². The Morgan fingerprint density at radius 1 is 1.24 bits per heavy atom. The number of halogens is 1. The molecule has 0 aliphatic carbocycles. The maximum Gasteiger partial charge on any atom is 0.274 e. The Balaban J connectivity index is 2.20. The van der Waals surface area contributed by atoms with Gasteiger partial charge in [-0.05, 0) is 45.0 Å². The number of nitrogens with zero attached hydrogens (tertiary/aromatic N) is 2. The second kappa shape index (κ2) is 6.54. The first-order valence-electron chi connectivity index (χ1n) is 6.63. The fraction of sp³-hybridized carbons (Fsp3) is 0.267. The summed E-state index contributed by atoms with van der Waals surface area (Å²) in [5.41, 5.74) is 1.66. The summed E-state index contributed by atoms with van der Waals surface area (Å²) in [6, 6.07) is 8.80. The van der Waals surface area contributed by atoms with E-state index in [9.17, 15) is 4.79 Å². The highest BCUT2D eigenvalue weighted by molar-refractivity contribution is 6.30. The SMILES string of the molecule is Cc1cc(C(=O)Nc2cccc(Cl)c2)nc(NC(C)C)n1. The summed E-state index contributed by atoms with van der Waals surface area (Å²) in [7, 11) is 0. The number of hydrogen-bond donors (Lipinski definition) is 2. The Labute approximate surface area is 128 Å². The number of anilines is 2. The number of hydrogen-bond acceptors (Lipinski definition) is 4. The Hall–Kier alpha value is -2.14. The zero-order valence-electron chi connectivity index (χ0n) is 12.1. The molecule has 0 aliphatic rings. The van der Waals surface area contributed by atoms with E-state index in [2.05, 4.69) is 20.6 Å². The van der Waals surface area contributed by atoms with E-state index in [1.54, 1.807) is 30.3 Å². The normalized spacial score (nSPS) is 10.5. The van der Waals surface area contributed by atoms with Crippen LogP contribution in [0.2, 0.25) is 5.02 Å². The Morgan fingerprint density at radius 3 is 2.67 bits per heavy atom. The quantitative estimate of drug-likeness (QED) is 0.907. The number of amides is 1. The van der Waals surface area contributed by atoms with E-state index in [-0.39, 0.29) is 11.9 Å². The van der Waals surface area contributed by atoms with Crippen molar-refractivity contribution >= 4 is 29.1 Å². The van der Waals surface area contributed by atoms with Gasteiger partial charge >= 0.3 is 0 Å². The van der Waals surface area contributed by atoms with Crippen molar-refractivity contribution in [1.29, 1.82) is 0 Å². The van der Waals surface area contributed by atoms with Crippen LogP contribution in [0, 0.1) is 6.92 Å². The average Bonchev–Trinajstić information content (AvgIpc) is 2.37. The second-order valence-electron chi connectivity index (χ2n) is 4.98. The molecule has 0 saturated heterocycles. The molecule has 0 atom stereocenters. The van der Waals surface area contributed by atoms with E-state index >= 15 is 0 Å². The molecule has 0 radical (unpaired) electrons. The van der Waals surface area contributed by atoms with Gasteiger partial charge in [-0.1, -0.05) is 17.7 Å². The van der Waals surface area contributed by atoms with Gasteiger partial charge in [0.1, 0.15) is 5.69 Å². The molecule has 2 aromatic rings. The standard InChI is InChI=1S/C15H17ClN4O/c1-9(2)17-15-18-10(3)7-13(20-15)14(21)19-12-6-4-5-11(16)8-12/h4-9H,1-3H3,(H,19,21)(H,17,18,20). The second-order valence-corrected chi connectivity index (χ2v) is 5.42. The highest BCUT2D eigenvalue weighted by atomic mass is 35.5. The molecule has 1 aromatic carbocycles. The van der Waals surface area contributed by atoms with Gasteiger partial charge in [0, 0.05) is 22.4 Å². The molecule has 0 bridgehead atoms. The zero-order chi connectivity index (χ0) is 15.4. The van der Waals surface area contributed by atoms with Gasteiger partial charge in [0.15, 0.2) is 0 Å². The van der Waals surface area contributed by atoms with Crippen LogP contribution in [0.25, 0.3) is 0 Å². The molecule has 110 valence electrons. The van der Waals surface area contributed by atoms with Crippen molar-refractivity contribution in [2.75, 3.05) is 10.6 Å². The summed E-state index contributed by atoms with van der Waals surface area (Å²) in [5.74, 6) is 0.149. The largest absolute Gasteiger partial charge is 0.352 e. The van der Waals surface area contributed by atoms with Crippen LogP contribution < -0.4 is 10.6 Å². The topological polar surface area (TPSA) is 66.9 Å². The molecular weight excluding hydrogens is 288 g/mol. The molecule has 5 nitrogen and oxygen atoms in total. The molecule has 0 unspecified atom stereocenters. The van der Waals surface area contributed by atoms with Crippen molar-refractivity contribution in [3.63, 3.8) is 0 Å². The fourth-order valence-corrected chi connectivity index (χ4v) is 1.96. The zero-order valence-corrected chi connectivity index (χ0v) is 12.9. The summed E-state index contributed by atoms with van der Waals surface area (Å²) in [6.45, 7) is 5.79. The van der Waals surface area contributed by atoms with Gasteiger partial charge in [0.2, 0.25) is 5.95 Å². The summed E-state index contributed by atoms with van der Waals surface area (Å²) >= 11 is 5.90. The molecular formula is C15H17ClN4O. The van der Waals surface area contributed by atoms with E-state index < -0.39 is 0 Å². The van der Waals surface area contributed by atoms with Crippen molar-refractivity contribution in [3.05, 3.63) is 46.7 Å². The predicted molar refractivity (Wildman–Crippen MR) is 84.9 cm³/mol. The van der Waals surface area contributed by atoms with Gasteiger partial charge in [-0.3, -0.25) is 4.79 Å². The number of rotatable bonds is 4. The molecule has 2 N–H and O–H groups in total. The van der Waals surface area contributed by atoms with Crippen LogP contribution in [-0.4, -0.2) is 21.9 Å². The van der Waals surface area contributed by atoms with Crippen LogP contribution in [0.4, 0.5) is 11.6 Å². The molecule has 1 amide bonds. The molecule has 1 aromatic heterocycles. The smallest absolute Gasteiger partial charge is 0.274 e. The fourth-order valence-electron chi connectivity index (χ4n) is 1.77. The van der Waals surface area contributed by atoms with Crippen LogP contribution in [0.15, 0.2) is 30.3 Å². The molecule has 0 fully saturated rings. The molecule has 0 saturated carbocycles. The Morgan fingerprint density at radius 2 is 2.00 bits per heavy atom. The minimum atomic E-state index is -0.297. The van der Waals surface area contributed by atoms with Crippen molar-refractivity contribution in [3.8, 4) is 0 Å². The van der Waals surface area contributed by atoms with Crippen LogP contribution >= 0.6 is 11.6 Å². The van der Waals surface area contributed by atoms with E-state index in [0.717, 1.165) is 5.69 Å². The maximum absolute atomic E-state index is 12.2. The minimum Gasteiger partial charge on any atom is -0.352 e. The first kappa shape index (κ1) is 15.3. The van der Waals surface area contributed by atoms with Gasteiger partial charge < -0.3 is 10.6 Å². The molecule has 0 aliphatic heterocycles. The Kier molecular flexibility index (Phi) is 4.75. The summed E-state index contributed by atoms with van der Waals surface area (Å²) < 4.78 is 0. The van der Waals surface area contributed by atoms with Crippen molar-refractivity contribution in [2.24, 2.45) is 0 Å². The highest BCUT2D eigenvalue weighted by Gasteiger charge is 2.11. The first-order chi connectivity index (χ1) is 9.94. The van der Waals surface area contributed by atoms with Crippen molar-refractivity contribution in [1.82, 2.24) is 9.97 Å². The number of carbonyl (C=O) groups excluding carboxylic acids is 1. The number of carbonyl (C=O) groups is 1. The lowest BCUT2D eigenvalue weighted by molar-refractivity contribution is 0.102. The van der Waals surface area contributed by atoms with Crippen molar-refractivity contribution in [2.45, 2.75) is 26.8 Å². The third kappa shape index (κ3) is 4.43. The summed E-state index contributed by atoms with van der Waals surface area (Å²) in [6.07, 6.45) is 0. The maximum atomic E-state index is 12.2. The lowest BCUT2D eigenvalue weighted by Crippen LogP contribution is -2.18. The van der Waals surface area contributed by atoms with Crippen molar-refractivity contribution < 1.29 is 4.79 Å². The van der Waals surface area contributed by atoms with Crippen LogP contribution in [-0.2, 0) is 0 Å². The molecule has 2 rings (SSSR count). The Bertz CT molecular complexity index is 658. The van der Waals surface area contributed by atoms with Crippen LogP contribution in [0.5, 0.6) is 0 Å². The van der Waals surface area contributed by atoms with Gasteiger partial charge in [-0.15, -0.1) is 0 Å². The minimum absolute atomic E-state index is 0.190. The highest BCUT2D eigenvalue weighted by Crippen LogP contribution is 2.16. The van der Waals surface area contributed by atoms with Gasteiger partial charge in [-0.25, -0.2) is 9.97 Å².